The van der Waals surface area contributed by atoms with Crippen molar-refractivity contribution in [1.29, 1.82) is 0 Å². The van der Waals surface area contributed by atoms with Gasteiger partial charge in [0.15, 0.2) is 0 Å². The summed E-state index contributed by atoms with van der Waals surface area (Å²) in [6.45, 7) is 6.71. The first kappa shape index (κ1) is 25.6. The number of tetrazole rings is 1. The number of H-pyrrole nitrogens is 1. The Bertz CT molecular complexity index is 1350. The minimum Gasteiger partial charge on any atom is -0.491 e. The average molecular weight is 497 g/mol. The van der Waals surface area contributed by atoms with Crippen LogP contribution in [0.1, 0.15) is 37.8 Å². The van der Waals surface area contributed by atoms with E-state index in [4.69, 9.17) is 4.74 Å². The summed E-state index contributed by atoms with van der Waals surface area (Å²) in [4.78, 5) is 13.0. The lowest BCUT2D eigenvalue weighted by Gasteiger charge is -2.19. The van der Waals surface area contributed by atoms with Crippen LogP contribution in [0.15, 0.2) is 72.8 Å². The molecule has 0 saturated carbocycles. The molecule has 3 aromatic carbocycles. The summed E-state index contributed by atoms with van der Waals surface area (Å²) in [5, 5.41) is 20.5. The predicted octanol–water partition coefficient (Wildman–Crippen LogP) is 6.78. The van der Waals surface area contributed by atoms with Gasteiger partial charge in [-0.1, -0.05) is 68.0 Å². The standard InChI is InChI=1S/C29H32N6O2/c1-4-6-7-10-21-18-22(24-11-8-9-12-25(24)28-32-34-35-33-28)19-26(27(21)37-17-5-2)31-29(36)30-23-15-13-20(3)14-16-23/h6-9,11-16,18-19H,4-5,10,17H2,1-3H3,(H2,30,31,36)(H,32,33,34,35)/b7-6+. The molecule has 0 fully saturated rings. The number of hydrogen-bond acceptors (Lipinski definition) is 5. The second kappa shape index (κ2) is 12.5. The topological polar surface area (TPSA) is 105 Å². The van der Waals surface area contributed by atoms with Gasteiger partial charge in [-0.15, -0.1) is 10.2 Å². The van der Waals surface area contributed by atoms with Crippen molar-refractivity contribution in [3.05, 3.63) is 83.9 Å². The highest BCUT2D eigenvalue weighted by Crippen LogP contribution is 2.38. The molecule has 37 heavy (non-hydrogen) atoms. The first-order chi connectivity index (χ1) is 18.1. The van der Waals surface area contributed by atoms with E-state index in [1.165, 1.54) is 0 Å². The number of carbonyl (C=O) groups excluding carboxylic acids is 1. The summed E-state index contributed by atoms with van der Waals surface area (Å²) in [5.74, 6) is 1.17. The molecule has 8 heteroatoms. The number of aryl methyl sites for hydroxylation is 1. The van der Waals surface area contributed by atoms with Crippen molar-refractivity contribution >= 4 is 17.4 Å². The molecular formula is C29H32N6O2. The van der Waals surface area contributed by atoms with Crippen molar-refractivity contribution in [3.8, 4) is 28.3 Å². The first-order valence-corrected chi connectivity index (χ1v) is 12.5. The monoisotopic (exact) mass is 496 g/mol. The number of nitrogens with zero attached hydrogens (tertiary/aromatic N) is 3. The normalized spacial score (nSPS) is 11.0. The van der Waals surface area contributed by atoms with Gasteiger partial charge in [-0.25, -0.2) is 4.79 Å². The molecule has 0 spiro atoms. The molecule has 0 aliphatic carbocycles. The lowest BCUT2D eigenvalue weighted by Crippen LogP contribution is -2.20. The maximum Gasteiger partial charge on any atom is 0.323 e. The van der Waals surface area contributed by atoms with E-state index < -0.39 is 0 Å². The van der Waals surface area contributed by atoms with Gasteiger partial charge in [-0.2, -0.15) is 5.21 Å². The molecule has 0 unspecified atom stereocenters. The summed E-state index contributed by atoms with van der Waals surface area (Å²) >= 11 is 0. The lowest BCUT2D eigenvalue weighted by molar-refractivity contribution is 0.262. The van der Waals surface area contributed by atoms with Crippen LogP contribution in [0.25, 0.3) is 22.5 Å². The average Bonchev–Trinajstić information content (AvgIpc) is 3.44. The van der Waals surface area contributed by atoms with Crippen molar-refractivity contribution < 1.29 is 9.53 Å². The van der Waals surface area contributed by atoms with Gasteiger partial charge in [-0.3, -0.25) is 0 Å². The van der Waals surface area contributed by atoms with E-state index in [2.05, 4.69) is 63.3 Å². The zero-order valence-corrected chi connectivity index (χ0v) is 21.4. The van der Waals surface area contributed by atoms with Crippen LogP contribution in [0.5, 0.6) is 5.75 Å². The Morgan fingerprint density at radius 1 is 1.00 bits per heavy atom. The fourth-order valence-electron chi connectivity index (χ4n) is 3.97. The minimum atomic E-state index is -0.344. The number of carbonyl (C=O) groups is 1. The number of anilines is 2. The van der Waals surface area contributed by atoms with Gasteiger partial charge in [0.05, 0.1) is 12.3 Å². The van der Waals surface area contributed by atoms with E-state index in [0.717, 1.165) is 40.7 Å². The molecule has 8 nitrogen and oxygen atoms in total. The first-order valence-electron chi connectivity index (χ1n) is 12.5. The highest BCUT2D eigenvalue weighted by Gasteiger charge is 2.18. The van der Waals surface area contributed by atoms with Crippen molar-refractivity contribution in [3.63, 3.8) is 0 Å². The molecule has 0 saturated heterocycles. The van der Waals surface area contributed by atoms with E-state index in [9.17, 15) is 4.79 Å². The van der Waals surface area contributed by atoms with Crippen LogP contribution >= 0.6 is 0 Å². The Labute approximate surface area is 217 Å². The third-order valence-electron chi connectivity index (χ3n) is 5.74. The number of amides is 2. The van der Waals surface area contributed by atoms with Crippen LogP contribution in [0.2, 0.25) is 0 Å². The lowest BCUT2D eigenvalue weighted by atomic mass is 9.95. The zero-order valence-electron chi connectivity index (χ0n) is 21.4. The molecule has 1 aromatic heterocycles. The smallest absolute Gasteiger partial charge is 0.323 e. The Morgan fingerprint density at radius 3 is 2.49 bits per heavy atom. The molecule has 0 atom stereocenters. The number of ether oxygens (including phenoxy) is 1. The van der Waals surface area contributed by atoms with Crippen molar-refractivity contribution in [1.82, 2.24) is 20.6 Å². The Morgan fingerprint density at radius 2 is 1.78 bits per heavy atom. The summed E-state index contributed by atoms with van der Waals surface area (Å²) in [5.41, 5.74) is 6.08. The highest BCUT2D eigenvalue weighted by atomic mass is 16.5. The maximum atomic E-state index is 13.0. The number of rotatable bonds is 10. The van der Waals surface area contributed by atoms with Gasteiger partial charge >= 0.3 is 6.03 Å². The summed E-state index contributed by atoms with van der Waals surface area (Å²) < 4.78 is 6.19. The molecule has 3 N–H and O–H groups in total. The third-order valence-corrected chi connectivity index (χ3v) is 5.74. The number of aromatic amines is 1. The Hall–Kier alpha value is -4.46. The van der Waals surface area contributed by atoms with Crippen LogP contribution in [-0.4, -0.2) is 33.3 Å². The molecule has 0 bridgehead atoms. The predicted molar refractivity (Wildman–Crippen MR) is 148 cm³/mol. The highest BCUT2D eigenvalue weighted by molar-refractivity contribution is 6.01. The van der Waals surface area contributed by atoms with Crippen LogP contribution < -0.4 is 15.4 Å². The van der Waals surface area contributed by atoms with E-state index in [0.29, 0.717) is 36.0 Å². The van der Waals surface area contributed by atoms with Crippen LogP contribution in [0, 0.1) is 6.92 Å². The Kier molecular flexibility index (Phi) is 8.65. The molecule has 190 valence electrons. The van der Waals surface area contributed by atoms with Crippen molar-refractivity contribution in [2.45, 2.75) is 40.0 Å². The van der Waals surface area contributed by atoms with Crippen molar-refractivity contribution in [2.24, 2.45) is 0 Å². The fraction of sp³-hybridized carbons (Fsp3) is 0.241. The third kappa shape index (κ3) is 6.61. The summed E-state index contributed by atoms with van der Waals surface area (Å²) in [6.07, 6.45) is 6.70. The number of urea groups is 1. The quantitative estimate of drug-likeness (QED) is 0.210. The number of aromatic nitrogens is 4. The largest absolute Gasteiger partial charge is 0.491 e. The van der Waals surface area contributed by atoms with Crippen LogP contribution in [0.3, 0.4) is 0 Å². The van der Waals surface area contributed by atoms with E-state index >= 15 is 0 Å². The molecule has 1 heterocycles. The molecule has 4 rings (SSSR count). The van der Waals surface area contributed by atoms with Crippen LogP contribution in [-0.2, 0) is 6.42 Å². The van der Waals surface area contributed by atoms with Gasteiger partial charge in [0.2, 0.25) is 5.82 Å². The zero-order chi connectivity index (χ0) is 26.0. The molecular weight excluding hydrogens is 464 g/mol. The van der Waals surface area contributed by atoms with Gasteiger partial charge in [-0.05, 0) is 66.8 Å². The molecule has 0 radical (unpaired) electrons. The van der Waals surface area contributed by atoms with Gasteiger partial charge in [0.1, 0.15) is 5.75 Å². The molecule has 2 amide bonds. The van der Waals surface area contributed by atoms with E-state index in [1.807, 2.05) is 61.5 Å². The second-order valence-corrected chi connectivity index (χ2v) is 8.67. The molecule has 0 aliphatic rings. The van der Waals surface area contributed by atoms with E-state index in [-0.39, 0.29) is 6.03 Å². The van der Waals surface area contributed by atoms with Gasteiger partial charge in [0.25, 0.3) is 0 Å². The number of nitrogens with one attached hydrogen (secondary N) is 3. The Balaban J connectivity index is 1.77. The molecule has 4 aromatic rings. The SMILES string of the molecule is CC/C=C/Cc1cc(-c2ccccc2-c2nn[nH]n2)cc(NC(=O)Nc2ccc(C)cc2)c1OCCC. The number of hydrogen-bond donors (Lipinski definition) is 3. The fourth-order valence-corrected chi connectivity index (χ4v) is 3.97. The second-order valence-electron chi connectivity index (χ2n) is 8.67. The molecule has 0 aliphatic heterocycles. The number of allylic oxidation sites excluding steroid dienone is 2. The summed E-state index contributed by atoms with van der Waals surface area (Å²) in [6, 6.07) is 19.2. The van der Waals surface area contributed by atoms with Gasteiger partial charge in [0, 0.05) is 16.8 Å². The van der Waals surface area contributed by atoms with E-state index in [1.54, 1.807) is 0 Å². The maximum absolute atomic E-state index is 13.0. The number of benzene rings is 3. The summed E-state index contributed by atoms with van der Waals surface area (Å²) in [7, 11) is 0. The minimum absolute atomic E-state index is 0.344. The van der Waals surface area contributed by atoms with Gasteiger partial charge < -0.3 is 15.4 Å². The van der Waals surface area contributed by atoms with Crippen molar-refractivity contribution in [2.75, 3.05) is 17.2 Å². The van der Waals surface area contributed by atoms with Crippen LogP contribution in [0.4, 0.5) is 16.2 Å².